The fourth-order valence-electron chi connectivity index (χ4n) is 3.93. The molecule has 2 heterocycles. The molecule has 0 radical (unpaired) electrons. The van der Waals surface area contributed by atoms with Gasteiger partial charge in [0.05, 0.1) is 0 Å². The van der Waals surface area contributed by atoms with Crippen LogP contribution in [-0.2, 0) is 19.8 Å². The molecule has 2 amide bonds. The Balaban J connectivity index is 1.53. The van der Waals surface area contributed by atoms with Crippen molar-refractivity contribution >= 4 is 44.1 Å². The van der Waals surface area contributed by atoms with Crippen molar-refractivity contribution in [3.63, 3.8) is 0 Å². The number of rotatable bonds is 3. The Kier molecular flexibility index (Phi) is 4.04. The molecule has 1 saturated carbocycles. The van der Waals surface area contributed by atoms with Gasteiger partial charge in [0.1, 0.15) is 18.0 Å². The zero-order chi connectivity index (χ0) is 21.2. The topological polar surface area (TPSA) is 107 Å². The third-order valence-corrected chi connectivity index (χ3v) is 7.01. The Morgan fingerprint density at radius 2 is 1.97 bits per heavy atom. The number of anilines is 1. The number of hydrogen-bond acceptors (Lipinski definition) is 5. The van der Waals surface area contributed by atoms with Crippen molar-refractivity contribution in [2.75, 3.05) is 23.9 Å². The third kappa shape index (κ3) is 2.98. The van der Waals surface area contributed by atoms with E-state index in [1.807, 2.05) is 6.08 Å². The maximum Gasteiger partial charge on any atom is 0.326 e. The lowest BCUT2D eigenvalue weighted by Crippen LogP contribution is -2.30. The van der Waals surface area contributed by atoms with Gasteiger partial charge < -0.3 is 10.0 Å². The van der Waals surface area contributed by atoms with Gasteiger partial charge in [-0.25, -0.2) is 13.4 Å². The summed E-state index contributed by atoms with van der Waals surface area (Å²) in [6, 6.07) is 6.24. The van der Waals surface area contributed by atoms with E-state index in [0.717, 1.165) is 18.4 Å². The Hall–Kier alpha value is -3.14. The van der Waals surface area contributed by atoms with E-state index in [0.29, 0.717) is 28.3 Å². The Labute approximate surface area is 171 Å². The predicted molar refractivity (Wildman–Crippen MR) is 107 cm³/mol. The van der Waals surface area contributed by atoms with E-state index in [2.05, 4.69) is 0 Å². The van der Waals surface area contributed by atoms with Gasteiger partial charge >= 0.3 is 10.2 Å². The number of fused-ring (bicyclic) bond motifs is 1. The van der Waals surface area contributed by atoms with Crippen LogP contribution in [0.5, 0.6) is 5.75 Å². The molecule has 0 bridgehead atoms. The van der Waals surface area contributed by atoms with Gasteiger partial charge in [-0.2, -0.15) is 8.42 Å². The van der Waals surface area contributed by atoms with Crippen LogP contribution >= 0.6 is 0 Å². The molecule has 2 aliphatic heterocycles. The van der Waals surface area contributed by atoms with Gasteiger partial charge in [-0.15, -0.1) is 0 Å². The number of amides is 2. The lowest BCUT2D eigenvalue weighted by molar-refractivity contribution is -0.131. The number of phenols is 1. The normalized spacial score (nSPS) is 20.6. The molecule has 5 rings (SSSR count). The molecule has 2 aromatic rings. The van der Waals surface area contributed by atoms with Gasteiger partial charge in [0.2, 0.25) is 5.91 Å². The van der Waals surface area contributed by atoms with Crippen LogP contribution in [0, 0.1) is 11.7 Å². The van der Waals surface area contributed by atoms with Crippen LogP contribution < -0.4 is 9.03 Å². The second kappa shape index (κ2) is 6.43. The van der Waals surface area contributed by atoms with Crippen molar-refractivity contribution in [1.29, 1.82) is 0 Å². The van der Waals surface area contributed by atoms with E-state index >= 15 is 4.39 Å². The van der Waals surface area contributed by atoms with E-state index in [-0.39, 0.29) is 17.2 Å². The number of hydrogen-bond donors (Lipinski definition) is 2. The van der Waals surface area contributed by atoms with Crippen molar-refractivity contribution in [2.45, 2.75) is 12.8 Å². The van der Waals surface area contributed by atoms with E-state index in [4.69, 9.17) is 0 Å². The molecule has 2 N–H and O–H groups in total. The Morgan fingerprint density at radius 1 is 1.20 bits per heavy atom. The highest BCUT2D eigenvalue weighted by Crippen LogP contribution is 2.39. The monoisotopic (exact) mass is 431 g/mol. The molecule has 30 heavy (non-hydrogen) atoms. The predicted octanol–water partition coefficient (Wildman–Crippen LogP) is 1.50. The van der Waals surface area contributed by atoms with Crippen molar-refractivity contribution < 1.29 is 27.5 Å². The summed E-state index contributed by atoms with van der Waals surface area (Å²) in [6.45, 7) is 0.333. The summed E-state index contributed by atoms with van der Waals surface area (Å²) < 4.78 is 41.9. The van der Waals surface area contributed by atoms with Crippen LogP contribution in [0.25, 0.3) is 16.3 Å². The van der Waals surface area contributed by atoms with Gasteiger partial charge in [-0.1, -0.05) is 18.2 Å². The zero-order valence-corrected chi connectivity index (χ0v) is 16.6. The number of benzene rings is 2. The van der Waals surface area contributed by atoms with Crippen LogP contribution in [0.1, 0.15) is 18.4 Å². The molecule has 8 nitrogen and oxygen atoms in total. The first-order valence-electron chi connectivity index (χ1n) is 9.51. The average Bonchev–Trinajstić information content (AvgIpc) is 3.35. The molecule has 1 saturated heterocycles. The smallest absolute Gasteiger partial charge is 0.326 e. The summed E-state index contributed by atoms with van der Waals surface area (Å²) in [5, 5.41) is 10.8. The van der Waals surface area contributed by atoms with Crippen LogP contribution in [0.3, 0.4) is 0 Å². The van der Waals surface area contributed by atoms with Crippen molar-refractivity contribution in [1.82, 2.24) is 9.62 Å². The zero-order valence-electron chi connectivity index (χ0n) is 15.8. The molecule has 1 aliphatic carbocycles. The fraction of sp³-hybridized carbons (Fsp3) is 0.300. The highest BCUT2D eigenvalue weighted by Gasteiger charge is 2.38. The second-order valence-corrected chi connectivity index (χ2v) is 9.35. The van der Waals surface area contributed by atoms with Gasteiger partial charge in [0.25, 0.3) is 5.91 Å². The molecular formula is C20H18FN3O5S. The van der Waals surface area contributed by atoms with E-state index in [1.165, 1.54) is 6.07 Å². The number of carbonyl (C=O) groups excluding carboxylic acids is 2. The molecule has 2 fully saturated rings. The fourth-order valence-corrected chi connectivity index (χ4v) is 5.10. The first-order valence-corrected chi connectivity index (χ1v) is 11.0. The second-order valence-electron chi connectivity index (χ2n) is 7.75. The Morgan fingerprint density at radius 3 is 2.63 bits per heavy atom. The summed E-state index contributed by atoms with van der Waals surface area (Å²) >= 11 is 0. The van der Waals surface area contributed by atoms with Gasteiger partial charge in [-0.3, -0.25) is 9.59 Å². The molecule has 0 aromatic heterocycles. The first kappa shape index (κ1) is 18.9. The minimum absolute atomic E-state index is 0.114. The summed E-state index contributed by atoms with van der Waals surface area (Å²) in [4.78, 5) is 25.6. The molecule has 156 valence electrons. The molecule has 0 atom stereocenters. The van der Waals surface area contributed by atoms with E-state index in [9.17, 15) is 23.1 Å². The standard InChI is InChI=1S/C20H18FN3O5S/c21-18-15-7-12(14-5-6-23(9-14)20(27)11-1-2-11)3-4-13(15)8-16(25)19(18)24-10-17(26)22-30(24,28)29/h3-5,7-8,11,25H,1-2,6,9-10H2,(H,22,26). The Bertz CT molecular complexity index is 1250. The SMILES string of the molecule is O=C1CN(c2c(O)cc3ccc(C4=CCN(C(=O)C5CC5)C4)cc3c2F)S(=O)(=O)N1. The highest BCUT2D eigenvalue weighted by molar-refractivity contribution is 7.92. The first-order chi connectivity index (χ1) is 14.2. The number of aromatic hydroxyl groups is 1. The molecule has 0 spiro atoms. The largest absolute Gasteiger partial charge is 0.506 e. The lowest BCUT2D eigenvalue weighted by Gasteiger charge is -2.19. The molecule has 2 aromatic carbocycles. The van der Waals surface area contributed by atoms with Gasteiger partial charge in [0, 0.05) is 24.4 Å². The number of nitrogens with one attached hydrogen (secondary N) is 1. The number of carbonyl (C=O) groups is 2. The minimum atomic E-state index is -4.27. The number of phenolic OH excluding ortho intramolecular Hbond substituents is 1. The van der Waals surface area contributed by atoms with Crippen LogP contribution in [0.15, 0.2) is 30.3 Å². The van der Waals surface area contributed by atoms with Gasteiger partial charge in [-0.05, 0) is 41.5 Å². The minimum Gasteiger partial charge on any atom is -0.506 e. The number of halogens is 1. The van der Waals surface area contributed by atoms with Gasteiger partial charge in [0.15, 0.2) is 5.82 Å². The quantitative estimate of drug-likeness (QED) is 0.766. The average molecular weight is 431 g/mol. The summed E-state index contributed by atoms with van der Waals surface area (Å²) in [7, 11) is -4.27. The van der Waals surface area contributed by atoms with Crippen LogP contribution in [0.4, 0.5) is 10.1 Å². The van der Waals surface area contributed by atoms with E-state index < -0.39 is 39.9 Å². The summed E-state index contributed by atoms with van der Waals surface area (Å²) in [6.07, 6.45) is 3.78. The lowest BCUT2D eigenvalue weighted by atomic mass is 10.0. The maximum absolute atomic E-state index is 15.3. The van der Waals surface area contributed by atoms with Crippen LogP contribution in [-0.4, -0.2) is 49.9 Å². The third-order valence-electron chi connectivity index (χ3n) is 5.63. The summed E-state index contributed by atoms with van der Waals surface area (Å²) in [5.41, 5.74) is 1.03. The number of nitrogens with zero attached hydrogens (tertiary/aromatic N) is 2. The van der Waals surface area contributed by atoms with Crippen LogP contribution in [0.2, 0.25) is 0 Å². The molecule has 3 aliphatic rings. The van der Waals surface area contributed by atoms with Crippen molar-refractivity contribution in [3.05, 3.63) is 41.7 Å². The highest BCUT2D eigenvalue weighted by atomic mass is 32.2. The van der Waals surface area contributed by atoms with Crippen molar-refractivity contribution in [2.24, 2.45) is 5.92 Å². The molecular weight excluding hydrogens is 413 g/mol. The molecule has 0 unspecified atom stereocenters. The van der Waals surface area contributed by atoms with Crippen molar-refractivity contribution in [3.8, 4) is 5.75 Å². The molecule has 10 heteroatoms. The van der Waals surface area contributed by atoms with E-state index in [1.54, 1.807) is 27.8 Å². The summed E-state index contributed by atoms with van der Waals surface area (Å²) in [5.74, 6) is -2.06. The maximum atomic E-state index is 15.3.